The van der Waals surface area contributed by atoms with Gasteiger partial charge in [0.05, 0.1) is 6.61 Å². The Morgan fingerprint density at radius 1 is 1.32 bits per heavy atom. The average Bonchev–Trinajstić information content (AvgIpc) is 2.46. The zero-order valence-electron chi connectivity index (χ0n) is 11.4. The molecule has 6 nitrogen and oxygen atoms in total. The number of hydrogen-bond acceptors (Lipinski definition) is 6. The quantitative estimate of drug-likeness (QED) is 0.604. The molecule has 106 valence electrons. The molecule has 1 saturated carbocycles. The first-order valence-corrected chi connectivity index (χ1v) is 6.78. The summed E-state index contributed by atoms with van der Waals surface area (Å²) in [5.74, 6) is 7.69. The van der Waals surface area contributed by atoms with E-state index in [1.54, 1.807) is 13.2 Å². The number of nitrogens with one attached hydrogen (secondary N) is 1. The maximum atomic E-state index is 5.77. The van der Waals surface area contributed by atoms with Crippen LogP contribution in [-0.4, -0.2) is 23.7 Å². The monoisotopic (exact) mass is 266 g/mol. The lowest BCUT2D eigenvalue weighted by Crippen LogP contribution is -2.17. The van der Waals surface area contributed by atoms with Crippen molar-refractivity contribution in [3.05, 3.63) is 11.9 Å². The number of methoxy groups -OCH3 is 1. The molecule has 0 amide bonds. The lowest BCUT2D eigenvalue weighted by Gasteiger charge is -2.21. The van der Waals surface area contributed by atoms with Gasteiger partial charge in [0, 0.05) is 13.2 Å². The van der Waals surface area contributed by atoms with Crippen LogP contribution < -0.4 is 16.0 Å². The fourth-order valence-corrected chi connectivity index (χ4v) is 2.37. The molecule has 0 atom stereocenters. The Morgan fingerprint density at radius 2 is 2.11 bits per heavy atom. The molecule has 0 saturated heterocycles. The topological polar surface area (TPSA) is 82.3 Å². The number of nitrogens with two attached hydrogens (primary N) is 1. The van der Waals surface area contributed by atoms with Crippen LogP contribution in [0.5, 0.6) is 5.88 Å². The maximum absolute atomic E-state index is 5.77. The molecular weight excluding hydrogens is 244 g/mol. The van der Waals surface area contributed by atoms with E-state index >= 15 is 0 Å². The molecule has 0 aliphatic heterocycles. The number of hydrazine groups is 1. The number of ether oxygens (including phenoxy) is 2. The normalized spacial score (nSPS) is 16.3. The van der Waals surface area contributed by atoms with Crippen molar-refractivity contribution >= 4 is 5.82 Å². The van der Waals surface area contributed by atoms with Gasteiger partial charge in [-0.25, -0.2) is 10.8 Å². The van der Waals surface area contributed by atoms with Crippen LogP contribution in [0.15, 0.2) is 6.07 Å². The highest BCUT2D eigenvalue weighted by Gasteiger charge is 2.14. The van der Waals surface area contributed by atoms with Gasteiger partial charge in [-0.05, 0) is 18.8 Å². The van der Waals surface area contributed by atoms with Crippen molar-refractivity contribution in [3.8, 4) is 5.88 Å². The van der Waals surface area contributed by atoms with Crippen LogP contribution in [0.1, 0.15) is 37.9 Å². The minimum absolute atomic E-state index is 0.343. The Hall–Kier alpha value is -1.40. The smallest absolute Gasteiger partial charge is 0.218 e. The summed E-state index contributed by atoms with van der Waals surface area (Å²) in [7, 11) is 1.61. The number of nitrogen functional groups attached to an aromatic ring is 1. The van der Waals surface area contributed by atoms with Crippen molar-refractivity contribution in [3.63, 3.8) is 0 Å². The van der Waals surface area contributed by atoms with Crippen LogP contribution in [-0.2, 0) is 11.3 Å². The molecule has 2 rings (SSSR count). The summed E-state index contributed by atoms with van der Waals surface area (Å²) >= 11 is 0. The fraction of sp³-hybridized carbons (Fsp3) is 0.692. The van der Waals surface area contributed by atoms with Crippen molar-refractivity contribution in [1.82, 2.24) is 9.97 Å². The highest BCUT2D eigenvalue weighted by molar-refractivity contribution is 5.36. The van der Waals surface area contributed by atoms with Gasteiger partial charge in [-0.15, -0.1) is 0 Å². The standard InChI is InChI=1S/C13H22N4O2/c1-18-9-12-15-11(17-14)7-13(16-12)19-8-10-5-3-2-4-6-10/h7,10H,2-6,8-9,14H2,1H3,(H,15,16,17). The lowest BCUT2D eigenvalue weighted by molar-refractivity contribution is 0.173. The summed E-state index contributed by atoms with van der Waals surface area (Å²) in [5.41, 5.74) is 2.52. The number of nitrogens with zero attached hydrogens (tertiary/aromatic N) is 2. The van der Waals surface area contributed by atoms with Crippen LogP contribution in [0, 0.1) is 5.92 Å². The highest BCUT2D eigenvalue weighted by atomic mass is 16.5. The van der Waals surface area contributed by atoms with E-state index in [1.807, 2.05) is 0 Å². The first-order chi connectivity index (χ1) is 9.31. The van der Waals surface area contributed by atoms with Gasteiger partial charge in [-0.1, -0.05) is 19.3 Å². The van der Waals surface area contributed by atoms with Crippen molar-refractivity contribution in [2.24, 2.45) is 11.8 Å². The van der Waals surface area contributed by atoms with Gasteiger partial charge in [-0.2, -0.15) is 4.98 Å². The molecule has 19 heavy (non-hydrogen) atoms. The Balaban J connectivity index is 1.95. The molecule has 0 radical (unpaired) electrons. The molecule has 1 aromatic heterocycles. The molecule has 1 aromatic rings. The van der Waals surface area contributed by atoms with Crippen molar-refractivity contribution in [1.29, 1.82) is 0 Å². The van der Waals surface area contributed by atoms with Crippen LogP contribution in [0.2, 0.25) is 0 Å². The number of hydrogen-bond donors (Lipinski definition) is 2. The second-order valence-corrected chi connectivity index (χ2v) is 4.90. The van der Waals surface area contributed by atoms with Gasteiger partial charge in [0.1, 0.15) is 12.4 Å². The largest absolute Gasteiger partial charge is 0.477 e. The van der Waals surface area contributed by atoms with E-state index in [9.17, 15) is 0 Å². The maximum Gasteiger partial charge on any atom is 0.218 e. The van der Waals surface area contributed by atoms with Crippen molar-refractivity contribution < 1.29 is 9.47 Å². The molecular formula is C13H22N4O2. The van der Waals surface area contributed by atoms with E-state index in [-0.39, 0.29) is 0 Å². The van der Waals surface area contributed by atoms with E-state index in [0.29, 0.717) is 36.7 Å². The van der Waals surface area contributed by atoms with E-state index < -0.39 is 0 Å². The first kappa shape index (κ1) is 14.0. The minimum atomic E-state index is 0.343. The fourth-order valence-electron chi connectivity index (χ4n) is 2.37. The minimum Gasteiger partial charge on any atom is -0.477 e. The van der Waals surface area contributed by atoms with E-state index in [1.165, 1.54) is 32.1 Å². The molecule has 6 heteroatoms. The molecule has 3 N–H and O–H groups in total. The number of aromatic nitrogens is 2. The predicted octanol–water partition coefficient (Wildman–Crippen LogP) is 1.87. The number of rotatable bonds is 6. The highest BCUT2D eigenvalue weighted by Crippen LogP contribution is 2.24. The van der Waals surface area contributed by atoms with Crippen LogP contribution >= 0.6 is 0 Å². The molecule has 0 aromatic carbocycles. The SMILES string of the molecule is COCc1nc(NN)cc(OCC2CCCCC2)n1. The third-order valence-electron chi connectivity index (χ3n) is 3.36. The molecule has 0 bridgehead atoms. The van der Waals surface area contributed by atoms with Gasteiger partial charge in [0.2, 0.25) is 5.88 Å². The zero-order valence-corrected chi connectivity index (χ0v) is 11.4. The molecule has 1 heterocycles. The van der Waals surface area contributed by atoms with Crippen molar-refractivity contribution in [2.45, 2.75) is 38.7 Å². The van der Waals surface area contributed by atoms with E-state index in [4.69, 9.17) is 15.3 Å². The zero-order chi connectivity index (χ0) is 13.5. The molecule has 1 aliphatic rings. The second kappa shape index (κ2) is 7.25. The summed E-state index contributed by atoms with van der Waals surface area (Å²) in [6, 6.07) is 1.71. The molecule has 0 spiro atoms. The Bertz CT molecular complexity index is 394. The lowest BCUT2D eigenvalue weighted by atomic mass is 9.90. The Labute approximate surface area is 113 Å². The van der Waals surface area contributed by atoms with E-state index in [2.05, 4.69) is 15.4 Å². The number of anilines is 1. The molecule has 1 fully saturated rings. The molecule has 0 unspecified atom stereocenters. The first-order valence-electron chi connectivity index (χ1n) is 6.78. The van der Waals surface area contributed by atoms with Crippen molar-refractivity contribution in [2.75, 3.05) is 19.1 Å². The van der Waals surface area contributed by atoms with E-state index in [0.717, 1.165) is 0 Å². The second-order valence-electron chi connectivity index (χ2n) is 4.90. The molecule has 1 aliphatic carbocycles. The summed E-state index contributed by atoms with van der Waals surface area (Å²) in [4.78, 5) is 8.49. The third kappa shape index (κ3) is 4.33. The van der Waals surface area contributed by atoms with Gasteiger partial charge in [0.25, 0.3) is 0 Å². The Kier molecular flexibility index (Phi) is 5.35. The third-order valence-corrected chi connectivity index (χ3v) is 3.36. The van der Waals surface area contributed by atoms with Gasteiger partial charge >= 0.3 is 0 Å². The summed E-state index contributed by atoms with van der Waals surface area (Å²) < 4.78 is 10.8. The van der Waals surface area contributed by atoms with Gasteiger partial charge in [0.15, 0.2) is 5.82 Å². The summed E-state index contributed by atoms with van der Waals surface area (Å²) in [5, 5.41) is 0. The van der Waals surface area contributed by atoms with Crippen LogP contribution in [0.4, 0.5) is 5.82 Å². The average molecular weight is 266 g/mol. The van der Waals surface area contributed by atoms with Gasteiger partial charge < -0.3 is 14.9 Å². The summed E-state index contributed by atoms with van der Waals surface area (Å²) in [6.45, 7) is 1.06. The summed E-state index contributed by atoms with van der Waals surface area (Å²) in [6.07, 6.45) is 6.46. The Morgan fingerprint density at radius 3 is 2.79 bits per heavy atom. The predicted molar refractivity (Wildman–Crippen MR) is 72.6 cm³/mol. The van der Waals surface area contributed by atoms with Gasteiger partial charge in [-0.3, -0.25) is 0 Å². The van der Waals surface area contributed by atoms with Crippen LogP contribution in [0.25, 0.3) is 0 Å². The van der Waals surface area contributed by atoms with Crippen LogP contribution in [0.3, 0.4) is 0 Å².